The van der Waals surface area contributed by atoms with Crippen LogP contribution in [0.1, 0.15) is 27.2 Å². The van der Waals surface area contributed by atoms with Gasteiger partial charge in [-0.1, -0.05) is 47.5 Å². The number of aromatic nitrogens is 1. The van der Waals surface area contributed by atoms with E-state index in [2.05, 4.69) is 15.6 Å². The molecular formula is C23H22ClN3O3. The first-order valence-electron chi connectivity index (χ1n) is 9.30. The molecule has 3 aromatic rings. The lowest BCUT2D eigenvalue weighted by molar-refractivity contribution is 0.0964. The molecule has 0 aliphatic heterocycles. The van der Waals surface area contributed by atoms with Crippen molar-refractivity contribution >= 4 is 29.4 Å². The van der Waals surface area contributed by atoms with Gasteiger partial charge in [-0.3, -0.25) is 15.4 Å². The first kappa shape index (κ1) is 21.3. The molecule has 30 heavy (non-hydrogen) atoms. The predicted octanol–water partition coefficient (Wildman–Crippen LogP) is 5.30. The highest BCUT2D eigenvalue weighted by Gasteiger charge is 2.19. The zero-order valence-corrected chi connectivity index (χ0v) is 17.9. The largest absolute Gasteiger partial charge is 0.496 e. The van der Waals surface area contributed by atoms with E-state index >= 15 is 0 Å². The Morgan fingerprint density at radius 1 is 1.03 bits per heavy atom. The van der Waals surface area contributed by atoms with Crippen LogP contribution in [0.3, 0.4) is 0 Å². The van der Waals surface area contributed by atoms with Gasteiger partial charge in [0.05, 0.1) is 12.1 Å². The highest BCUT2D eigenvalue weighted by atomic mass is 35.5. The summed E-state index contributed by atoms with van der Waals surface area (Å²) in [6.07, 6.45) is 0. The number of ether oxygens (including phenoxy) is 1. The zero-order valence-electron chi connectivity index (χ0n) is 17.2. The molecule has 0 saturated carbocycles. The Labute approximate surface area is 180 Å². The number of imide groups is 1. The molecule has 0 atom stereocenters. The number of carbonyl (C=O) groups excluding carboxylic acids is 2. The van der Waals surface area contributed by atoms with Crippen LogP contribution >= 0.6 is 11.6 Å². The average Bonchev–Trinajstić information content (AvgIpc) is 2.68. The van der Waals surface area contributed by atoms with Crippen LogP contribution in [0, 0.1) is 20.8 Å². The minimum atomic E-state index is -0.712. The van der Waals surface area contributed by atoms with Crippen molar-refractivity contribution in [2.45, 2.75) is 20.8 Å². The van der Waals surface area contributed by atoms with Crippen LogP contribution in [0.4, 0.5) is 10.6 Å². The van der Waals surface area contributed by atoms with Crippen LogP contribution in [0.25, 0.3) is 11.1 Å². The monoisotopic (exact) mass is 423 g/mol. The van der Waals surface area contributed by atoms with Crippen molar-refractivity contribution in [2.24, 2.45) is 0 Å². The number of anilines is 1. The predicted molar refractivity (Wildman–Crippen MR) is 118 cm³/mol. The third-order valence-corrected chi connectivity index (χ3v) is 4.94. The zero-order chi connectivity index (χ0) is 21.8. The summed E-state index contributed by atoms with van der Waals surface area (Å²) in [5.41, 5.74) is 5.07. The van der Waals surface area contributed by atoms with Crippen molar-refractivity contribution in [3.63, 3.8) is 0 Å². The number of amides is 3. The van der Waals surface area contributed by atoms with Crippen molar-refractivity contribution in [1.29, 1.82) is 0 Å². The standard InChI is InChI=1S/C23H22ClN3O3/c1-13-8-10-16(11-9-13)20-14(2)12-19(25-15(20)3)26-23(29)27-22(28)21-17(24)6-5-7-18(21)30-4/h5-12H,1-4H3,(H2,25,26,27,28,29). The van der Waals surface area contributed by atoms with Crippen LogP contribution in [0.2, 0.25) is 5.02 Å². The molecule has 154 valence electrons. The number of methoxy groups -OCH3 is 1. The molecule has 0 bridgehead atoms. The van der Waals surface area contributed by atoms with Gasteiger partial charge in [0, 0.05) is 11.3 Å². The van der Waals surface area contributed by atoms with E-state index in [-0.39, 0.29) is 16.3 Å². The van der Waals surface area contributed by atoms with Crippen LogP contribution < -0.4 is 15.4 Å². The van der Waals surface area contributed by atoms with Crippen LogP contribution in [0.15, 0.2) is 48.5 Å². The summed E-state index contributed by atoms with van der Waals surface area (Å²) < 4.78 is 5.15. The molecule has 0 aliphatic carbocycles. The maximum Gasteiger partial charge on any atom is 0.327 e. The number of hydrogen-bond donors (Lipinski definition) is 2. The number of urea groups is 1. The lowest BCUT2D eigenvalue weighted by atomic mass is 9.98. The van der Waals surface area contributed by atoms with Gasteiger partial charge < -0.3 is 4.74 Å². The summed E-state index contributed by atoms with van der Waals surface area (Å²) in [6, 6.07) is 14.0. The van der Waals surface area contributed by atoms with E-state index in [0.29, 0.717) is 5.82 Å². The lowest BCUT2D eigenvalue weighted by Gasteiger charge is -2.14. The van der Waals surface area contributed by atoms with E-state index < -0.39 is 11.9 Å². The summed E-state index contributed by atoms with van der Waals surface area (Å²) in [6.45, 7) is 5.87. The van der Waals surface area contributed by atoms with Crippen LogP contribution in [0.5, 0.6) is 5.75 Å². The van der Waals surface area contributed by atoms with Gasteiger partial charge >= 0.3 is 6.03 Å². The number of carbonyl (C=O) groups is 2. The summed E-state index contributed by atoms with van der Waals surface area (Å²) in [4.78, 5) is 29.3. The second-order valence-electron chi connectivity index (χ2n) is 6.88. The maximum atomic E-state index is 12.5. The third kappa shape index (κ3) is 4.60. The van der Waals surface area contributed by atoms with Crippen LogP contribution in [-0.4, -0.2) is 24.0 Å². The Morgan fingerprint density at radius 2 is 1.73 bits per heavy atom. The van der Waals surface area contributed by atoms with Crippen molar-refractivity contribution in [1.82, 2.24) is 10.3 Å². The van der Waals surface area contributed by atoms with E-state index in [0.717, 1.165) is 22.4 Å². The number of benzene rings is 2. The maximum absolute atomic E-state index is 12.5. The van der Waals surface area contributed by atoms with Crippen LogP contribution in [-0.2, 0) is 0 Å². The van der Waals surface area contributed by atoms with Gasteiger partial charge in [-0.25, -0.2) is 9.78 Å². The van der Waals surface area contributed by atoms with E-state index in [1.54, 1.807) is 24.3 Å². The summed E-state index contributed by atoms with van der Waals surface area (Å²) in [5, 5.41) is 5.05. The molecule has 0 saturated heterocycles. The fourth-order valence-corrected chi connectivity index (χ4v) is 3.51. The Morgan fingerprint density at radius 3 is 2.37 bits per heavy atom. The Balaban J connectivity index is 1.78. The fourth-order valence-electron chi connectivity index (χ4n) is 3.26. The summed E-state index contributed by atoms with van der Waals surface area (Å²) in [5.74, 6) is -0.0444. The molecule has 3 rings (SSSR count). The van der Waals surface area contributed by atoms with Crippen molar-refractivity contribution in [2.75, 3.05) is 12.4 Å². The molecule has 2 N–H and O–H groups in total. The molecule has 0 radical (unpaired) electrons. The van der Waals surface area contributed by atoms with E-state index in [4.69, 9.17) is 16.3 Å². The minimum absolute atomic E-state index is 0.0897. The van der Waals surface area contributed by atoms with Crippen molar-refractivity contribution in [3.8, 4) is 16.9 Å². The van der Waals surface area contributed by atoms with Gasteiger partial charge in [-0.2, -0.15) is 0 Å². The number of pyridine rings is 1. The number of halogens is 1. The number of aryl methyl sites for hydroxylation is 3. The molecule has 0 fully saturated rings. The van der Waals surface area contributed by atoms with Crippen molar-refractivity contribution in [3.05, 3.63) is 75.9 Å². The summed E-state index contributed by atoms with van der Waals surface area (Å²) >= 11 is 6.09. The molecule has 6 nitrogen and oxygen atoms in total. The summed E-state index contributed by atoms with van der Waals surface area (Å²) in [7, 11) is 1.42. The Bertz CT molecular complexity index is 1090. The Kier molecular flexibility index (Phi) is 6.37. The van der Waals surface area contributed by atoms with Gasteiger partial charge in [0.15, 0.2) is 0 Å². The highest BCUT2D eigenvalue weighted by molar-refractivity contribution is 6.34. The first-order valence-corrected chi connectivity index (χ1v) is 9.68. The smallest absolute Gasteiger partial charge is 0.327 e. The first-order chi connectivity index (χ1) is 14.3. The molecule has 1 aromatic heterocycles. The van der Waals surface area contributed by atoms with Gasteiger partial charge in [0.1, 0.15) is 17.1 Å². The van der Waals surface area contributed by atoms with E-state index in [9.17, 15) is 9.59 Å². The van der Waals surface area contributed by atoms with Gasteiger partial charge in [0.25, 0.3) is 5.91 Å². The number of rotatable bonds is 4. The molecule has 0 spiro atoms. The van der Waals surface area contributed by atoms with Crippen molar-refractivity contribution < 1.29 is 14.3 Å². The molecule has 2 aromatic carbocycles. The quantitative estimate of drug-likeness (QED) is 0.596. The Hall–Kier alpha value is -3.38. The fraction of sp³-hybridized carbons (Fsp3) is 0.174. The number of nitrogens with one attached hydrogen (secondary N) is 2. The SMILES string of the molecule is COc1cccc(Cl)c1C(=O)NC(=O)Nc1cc(C)c(-c2ccc(C)cc2)c(C)n1. The topological polar surface area (TPSA) is 80.3 Å². The van der Waals surface area contributed by atoms with Gasteiger partial charge in [-0.05, 0) is 50.1 Å². The molecule has 0 aliphatic rings. The van der Waals surface area contributed by atoms with Gasteiger partial charge in [-0.15, -0.1) is 0 Å². The van der Waals surface area contributed by atoms with E-state index in [1.807, 2.05) is 45.0 Å². The third-order valence-electron chi connectivity index (χ3n) is 4.63. The second kappa shape index (κ2) is 8.97. The number of nitrogens with zero attached hydrogens (tertiary/aromatic N) is 1. The highest BCUT2D eigenvalue weighted by Crippen LogP contribution is 2.28. The molecular weight excluding hydrogens is 402 g/mol. The second-order valence-corrected chi connectivity index (χ2v) is 7.28. The van der Waals surface area contributed by atoms with Gasteiger partial charge in [0.2, 0.25) is 0 Å². The molecule has 3 amide bonds. The molecule has 7 heteroatoms. The average molecular weight is 424 g/mol. The van der Waals surface area contributed by atoms with E-state index in [1.165, 1.54) is 12.7 Å². The normalized spacial score (nSPS) is 10.4. The number of hydrogen-bond acceptors (Lipinski definition) is 4. The minimum Gasteiger partial charge on any atom is -0.496 e. The lowest BCUT2D eigenvalue weighted by Crippen LogP contribution is -2.35. The molecule has 0 unspecified atom stereocenters. The molecule has 1 heterocycles.